The van der Waals surface area contributed by atoms with Crippen molar-refractivity contribution >= 4 is 19.4 Å². The van der Waals surface area contributed by atoms with E-state index in [9.17, 15) is 9.36 Å². The van der Waals surface area contributed by atoms with E-state index in [2.05, 4.69) is 0 Å². The van der Waals surface area contributed by atoms with Gasteiger partial charge in [-0.1, -0.05) is 18.2 Å². The van der Waals surface area contributed by atoms with Crippen LogP contribution in [0.25, 0.3) is 0 Å². The summed E-state index contributed by atoms with van der Waals surface area (Å²) in [6.07, 6.45) is -0.161. The second kappa shape index (κ2) is 6.03. The number of benzene rings is 1. The summed E-state index contributed by atoms with van der Waals surface area (Å²) >= 11 is 0. The minimum Gasteiger partial charge on any atom is -0.443 e. The molecule has 0 saturated carbocycles. The van der Waals surface area contributed by atoms with Gasteiger partial charge in [-0.15, -0.1) is 0 Å². The Kier molecular flexibility index (Phi) is 4.66. The van der Waals surface area contributed by atoms with Crippen LogP contribution in [0.1, 0.15) is 26.3 Å². The van der Waals surface area contributed by atoms with Crippen LogP contribution < -0.4 is 4.90 Å². The van der Waals surface area contributed by atoms with Crippen molar-refractivity contribution < 1.29 is 23.1 Å². The minimum absolute atomic E-state index is 0.397. The van der Waals surface area contributed by atoms with Gasteiger partial charge in [0, 0.05) is 20.6 Å². The Morgan fingerprint density at radius 1 is 1.23 bits per heavy atom. The Balaban J connectivity index is 2.43. The van der Waals surface area contributed by atoms with Crippen LogP contribution in [-0.4, -0.2) is 31.7 Å². The Morgan fingerprint density at radius 3 is 2.36 bits per heavy atom. The smallest absolute Gasteiger partial charge is 0.415 e. The standard InChI is InChI=1S/C15H22NO5P/c1-15(2,3)21-14(17)16-12-9-7-6-8-11(12)10-13(16)22(18,19-4)20-5/h6-9,13H,10H2,1-5H3. The number of anilines is 1. The van der Waals surface area contributed by atoms with Crippen LogP contribution >= 0.6 is 7.60 Å². The van der Waals surface area contributed by atoms with Gasteiger partial charge < -0.3 is 13.8 Å². The third-order valence-corrected chi connectivity index (χ3v) is 5.58. The van der Waals surface area contributed by atoms with E-state index in [1.165, 1.54) is 19.1 Å². The van der Waals surface area contributed by atoms with Crippen molar-refractivity contribution in [3.8, 4) is 0 Å². The third kappa shape index (κ3) is 3.19. The number of ether oxygens (including phenoxy) is 1. The number of hydrogen-bond acceptors (Lipinski definition) is 5. The molecule has 1 aromatic carbocycles. The van der Waals surface area contributed by atoms with E-state index in [1.807, 2.05) is 18.2 Å². The lowest BCUT2D eigenvalue weighted by molar-refractivity contribution is 0.0574. The minimum atomic E-state index is -3.46. The first-order chi connectivity index (χ1) is 10.2. The summed E-state index contributed by atoms with van der Waals surface area (Å²) in [6, 6.07) is 7.39. The van der Waals surface area contributed by atoms with Crippen molar-refractivity contribution in [1.29, 1.82) is 0 Å². The highest BCUT2D eigenvalue weighted by molar-refractivity contribution is 7.54. The average molecular weight is 327 g/mol. The summed E-state index contributed by atoms with van der Waals surface area (Å²) in [6.45, 7) is 5.36. The van der Waals surface area contributed by atoms with Gasteiger partial charge in [-0.25, -0.2) is 4.79 Å². The zero-order valence-electron chi connectivity index (χ0n) is 13.5. The molecule has 0 saturated heterocycles. The summed E-state index contributed by atoms with van der Waals surface area (Å²) in [4.78, 5) is 14.0. The molecule has 22 heavy (non-hydrogen) atoms. The molecule has 122 valence electrons. The second-order valence-electron chi connectivity index (χ2n) is 6.07. The molecule has 1 amide bonds. The fourth-order valence-corrected chi connectivity index (χ4v) is 4.03. The SMILES string of the molecule is COP(=O)(OC)C1Cc2ccccc2N1C(=O)OC(C)(C)C. The van der Waals surface area contributed by atoms with Gasteiger partial charge in [-0.2, -0.15) is 0 Å². The molecule has 0 N–H and O–H groups in total. The monoisotopic (exact) mass is 327 g/mol. The lowest BCUT2D eigenvalue weighted by Gasteiger charge is -2.31. The molecule has 1 atom stereocenters. The number of amides is 1. The Morgan fingerprint density at radius 2 is 1.82 bits per heavy atom. The molecule has 1 aromatic rings. The third-order valence-electron chi connectivity index (χ3n) is 3.42. The van der Waals surface area contributed by atoms with Crippen LogP contribution in [0, 0.1) is 0 Å². The van der Waals surface area contributed by atoms with Crippen LogP contribution in [-0.2, 0) is 24.8 Å². The Bertz CT molecular complexity index is 602. The molecule has 7 heteroatoms. The predicted octanol–water partition coefficient (Wildman–Crippen LogP) is 3.80. The number of rotatable bonds is 3. The number of hydrogen-bond donors (Lipinski definition) is 0. The zero-order chi connectivity index (χ0) is 16.5. The van der Waals surface area contributed by atoms with Gasteiger partial charge in [0.05, 0.1) is 5.69 Å². The summed E-state index contributed by atoms with van der Waals surface area (Å²) in [5.74, 6) is -0.727. The fraction of sp³-hybridized carbons (Fsp3) is 0.533. The summed E-state index contributed by atoms with van der Waals surface area (Å²) in [5, 5.41) is 0. The molecule has 0 aliphatic carbocycles. The number of fused-ring (bicyclic) bond motifs is 1. The van der Waals surface area contributed by atoms with Crippen molar-refractivity contribution in [3.05, 3.63) is 29.8 Å². The van der Waals surface area contributed by atoms with E-state index in [0.717, 1.165) is 5.56 Å². The molecule has 6 nitrogen and oxygen atoms in total. The first-order valence-corrected chi connectivity index (χ1v) is 8.64. The Hall–Kier alpha value is -1.36. The molecule has 0 bridgehead atoms. The zero-order valence-corrected chi connectivity index (χ0v) is 14.4. The first-order valence-electron chi connectivity index (χ1n) is 7.03. The van der Waals surface area contributed by atoms with Crippen LogP contribution in [0.3, 0.4) is 0 Å². The van der Waals surface area contributed by atoms with Crippen LogP contribution in [0.4, 0.5) is 10.5 Å². The van der Waals surface area contributed by atoms with Gasteiger partial charge in [0.25, 0.3) is 0 Å². The molecule has 1 heterocycles. The van der Waals surface area contributed by atoms with Gasteiger partial charge in [0.15, 0.2) is 0 Å². The maximum absolute atomic E-state index is 12.8. The summed E-state index contributed by atoms with van der Waals surface area (Å²) in [7, 11) is -0.822. The molecule has 0 fully saturated rings. The van der Waals surface area contributed by atoms with Crippen LogP contribution in [0.5, 0.6) is 0 Å². The molecule has 1 aliphatic rings. The first kappa shape index (κ1) is 17.0. The van der Waals surface area contributed by atoms with E-state index in [0.29, 0.717) is 12.1 Å². The summed E-state index contributed by atoms with van der Waals surface area (Å²) in [5.41, 5.74) is 0.937. The highest BCUT2D eigenvalue weighted by Gasteiger charge is 2.47. The molecular weight excluding hydrogens is 305 g/mol. The number of nitrogens with zero attached hydrogens (tertiary/aromatic N) is 1. The average Bonchev–Trinajstić information content (AvgIpc) is 2.84. The maximum atomic E-state index is 12.8. The predicted molar refractivity (Wildman–Crippen MR) is 84.3 cm³/mol. The largest absolute Gasteiger partial charge is 0.443 e. The lowest BCUT2D eigenvalue weighted by Crippen LogP contribution is -2.41. The molecule has 0 radical (unpaired) electrons. The molecule has 0 spiro atoms. The van der Waals surface area contributed by atoms with Gasteiger partial charge in [0.1, 0.15) is 11.4 Å². The van der Waals surface area contributed by atoms with E-state index in [1.54, 1.807) is 26.8 Å². The van der Waals surface area contributed by atoms with Gasteiger partial charge in [-0.3, -0.25) is 9.46 Å². The van der Waals surface area contributed by atoms with E-state index >= 15 is 0 Å². The van der Waals surface area contributed by atoms with Crippen molar-refractivity contribution in [2.24, 2.45) is 0 Å². The van der Waals surface area contributed by atoms with Crippen molar-refractivity contribution in [1.82, 2.24) is 0 Å². The number of carbonyl (C=O) groups is 1. The fourth-order valence-electron chi connectivity index (χ4n) is 2.47. The molecule has 1 aliphatic heterocycles. The quantitative estimate of drug-likeness (QED) is 0.790. The molecular formula is C15H22NO5P. The maximum Gasteiger partial charge on any atom is 0.415 e. The Labute approximate surface area is 130 Å². The van der Waals surface area contributed by atoms with Gasteiger partial charge in [0.2, 0.25) is 0 Å². The van der Waals surface area contributed by atoms with Crippen molar-refractivity contribution in [2.75, 3.05) is 19.1 Å². The van der Waals surface area contributed by atoms with Gasteiger partial charge >= 0.3 is 13.7 Å². The van der Waals surface area contributed by atoms with Gasteiger partial charge in [-0.05, 0) is 32.4 Å². The molecule has 0 aromatic heterocycles. The highest BCUT2D eigenvalue weighted by Crippen LogP contribution is 2.57. The topological polar surface area (TPSA) is 65.1 Å². The van der Waals surface area contributed by atoms with E-state index in [4.69, 9.17) is 13.8 Å². The van der Waals surface area contributed by atoms with Crippen molar-refractivity contribution in [3.63, 3.8) is 0 Å². The molecule has 1 unspecified atom stereocenters. The van der Waals surface area contributed by atoms with E-state index < -0.39 is 25.1 Å². The normalized spacial score (nSPS) is 18.2. The number of para-hydroxylation sites is 1. The molecule has 2 rings (SSSR count). The van der Waals surface area contributed by atoms with Crippen LogP contribution in [0.2, 0.25) is 0 Å². The second-order valence-corrected chi connectivity index (χ2v) is 8.47. The number of carbonyl (C=O) groups excluding carboxylic acids is 1. The lowest BCUT2D eigenvalue weighted by atomic mass is 10.2. The van der Waals surface area contributed by atoms with Crippen LogP contribution in [0.15, 0.2) is 24.3 Å². The van der Waals surface area contributed by atoms with Crippen molar-refractivity contribution in [2.45, 2.75) is 38.6 Å². The highest BCUT2D eigenvalue weighted by atomic mass is 31.2. The summed E-state index contributed by atoms with van der Waals surface area (Å²) < 4.78 is 28.4. The van der Waals surface area contributed by atoms with E-state index in [-0.39, 0.29) is 0 Å².